The van der Waals surface area contributed by atoms with E-state index in [0.29, 0.717) is 23.7 Å². The van der Waals surface area contributed by atoms with Crippen molar-refractivity contribution in [3.05, 3.63) is 47.3 Å². The summed E-state index contributed by atoms with van der Waals surface area (Å²) in [4.78, 5) is 14.9. The minimum atomic E-state index is -4.43. The lowest BCUT2D eigenvalue weighted by atomic mass is 10.1. The van der Waals surface area contributed by atoms with Crippen molar-refractivity contribution in [3.63, 3.8) is 0 Å². The van der Waals surface area contributed by atoms with E-state index in [1.807, 2.05) is 0 Å². The molecule has 0 spiro atoms. The zero-order chi connectivity index (χ0) is 20.3. The molecule has 1 fully saturated rings. The minimum Gasteiger partial charge on any atom is -0.352 e. The second kappa shape index (κ2) is 8.34. The summed E-state index contributed by atoms with van der Waals surface area (Å²) in [5.41, 5.74) is 0.394. The third kappa shape index (κ3) is 4.73. The molecule has 0 saturated carbocycles. The molecule has 1 aliphatic rings. The molecular formula is C20H25F3N4O. The quantitative estimate of drug-likeness (QED) is 0.814. The van der Waals surface area contributed by atoms with Crippen molar-refractivity contribution < 1.29 is 18.0 Å². The summed E-state index contributed by atoms with van der Waals surface area (Å²) in [5.74, 6) is 0.0601. The van der Waals surface area contributed by atoms with E-state index < -0.39 is 11.7 Å². The van der Waals surface area contributed by atoms with Crippen molar-refractivity contribution in [1.82, 2.24) is 20.0 Å². The minimum absolute atomic E-state index is 0.260. The highest BCUT2D eigenvalue weighted by Gasteiger charge is 2.30. The number of amides is 1. The molecule has 152 valence electrons. The van der Waals surface area contributed by atoms with Crippen molar-refractivity contribution in [2.45, 2.75) is 32.9 Å². The molecule has 0 bridgehead atoms. The number of carbonyl (C=O) groups is 1. The van der Waals surface area contributed by atoms with Gasteiger partial charge >= 0.3 is 6.18 Å². The Bertz CT molecular complexity index is 825. The van der Waals surface area contributed by atoms with E-state index in [2.05, 4.69) is 22.2 Å². The average Bonchev–Trinajstić information content (AvgIpc) is 3.28. The van der Waals surface area contributed by atoms with Crippen LogP contribution in [0.15, 0.2) is 30.5 Å². The van der Waals surface area contributed by atoms with Crippen LogP contribution in [0.3, 0.4) is 0 Å². The lowest BCUT2D eigenvalue weighted by molar-refractivity contribution is -0.137. The normalized spacial score (nSPS) is 16.3. The van der Waals surface area contributed by atoms with Crippen LogP contribution in [0.1, 0.15) is 41.4 Å². The zero-order valence-electron chi connectivity index (χ0n) is 16.1. The molecule has 1 N–H and O–H groups in total. The number of halogens is 3. The highest BCUT2D eigenvalue weighted by Crippen LogP contribution is 2.30. The van der Waals surface area contributed by atoms with Gasteiger partial charge in [-0.3, -0.25) is 4.79 Å². The van der Waals surface area contributed by atoms with Gasteiger partial charge in [0.05, 0.1) is 28.7 Å². The van der Waals surface area contributed by atoms with E-state index in [-0.39, 0.29) is 11.6 Å². The largest absolute Gasteiger partial charge is 0.416 e. The molecular weight excluding hydrogens is 369 g/mol. The number of benzene rings is 1. The molecule has 1 aromatic carbocycles. The van der Waals surface area contributed by atoms with Gasteiger partial charge in [0.25, 0.3) is 5.91 Å². The Balaban J connectivity index is 1.66. The van der Waals surface area contributed by atoms with Crippen LogP contribution in [-0.2, 0) is 6.18 Å². The van der Waals surface area contributed by atoms with Gasteiger partial charge in [-0.05, 0) is 57.0 Å². The molecule has 1 aliphatic heterocycles. The smallest absolute Gasteiger partial charge is 0.352 e. The fraction of sp³-hybridized carbons (Fsp3) is 0.500. The van der Waals surface area contributed by atoms with Gasteiger partial charge in [-0.25, -0.2) is 4.68 Å². The first kappa shape index (κ1) is 20.4. The predicted octanol–water partition coefficient (Wildman–Crippen LogP) is 3.66. The molecule has 2 aromatic rings. The second-order valence-corrected chi connectivity index (χ2v) is 7.43. The number of hydrogen-bond donors (Lipinski definition) is 1. The summed E-state index contributed by atoms with van der Waals surface area (Å²) in [6.07, 6.45) is -0.571. The van der Waals surface area contributed by atoms with Gasteiger partial charge in [0.2, 0.25) is 0 Å². The van der Waals surface area contributed by atoms with Gasteiger partial charge < -0.3 is 10.2 Å². The van der Waals surface area contributed by atoms with Crippen LogP contribution >= 0.6 is 0 Å². The summed E-state index contributed by atoms with van der Waals surface area (Å²) in [5, 5.41) is 7.04. The maximum atomic E-state index is 12.9. The fourth-order valence-electron chi connectivity index (χ4n) is 3.54. The topological polar surface area (TPSA) is 50.2 Å². The van der Waals surface area contributed by atoms with E-state index in [0.717, 1.165) is 31.8 Å². The molecule has 1 aromatic heterocycles. The number of nitrogens with zero attached hydrogens (tertiary/aromatic N) is 3. The molecule has 5 nitrogen and oxygen atoms in total. The van der Waals surface area contributed by atoms with E-state index >= 15 is 0 Å². The maximum Gasteiger partial charge on any atom is 0.416 e. The third-order valence-electron chi connectivity index (χ3n) is 5.05. The third-order valence-corrected chi connectivity index (χ3v) is 5.05. The molecule has 28 heavy (non-hydrogen) atoms. The monoisotopic (exact) mass is 394 g/mol. The second-order valence-electron chi connectivity index (χ2n) is 7.43. The molecule has 1 amide bonds. The maximum absolute atomic E-state index is 12.9. The van der Waals surface area contributed by atoms with E-state index in [9.17, 15) is 18.0 Å². The average molecular weight is 394 g/mol. The summed E-state index contributed by atoms with van der Waals surface area (Å²) in [6, 6.07) is 4.91. The van der Waals surface area contributed by atoms with Gasteiger partial charge in [0.15, 0.2) is 0 Å². The Hall–Kier alpha value is -2.35. The van der Waals surface area contributed by atoms with E-state index in [1.54, 1.807) is 6.92 Å². The van der Waals surface area contributed by atoms with Crippen LogP contribution in [0.4, 0.5) is 13.2 Å². The summed E-state index contributed by atoms with van der Waals surface area (Å²) >= 11 is 0. The predicted molar refractivity (Wildman–Crippen MR) is 100 cm³/mol. The summed E-state index contributed by atoms with van der Waals surface area (Å²) in [6.45, 7) is 7.49. The summed E-state index contributed by atoms with van der Waals surface area (Å²) in [7, 11) is 0. The van der Waals surface area contributed by atoms with Gasteiger partial charge in [0, 0.05) is 13.1 Å². The number of aromatic nitrogens is 2. The number of rotatable bonds is 6. The molecule has 1 saturated heterocycles. The van der Waals surface area contributed by atoms with Gasteiger partial charge in [-0.1, -0.05) is 13.0 Å². The molecule has 3 rings (SSSR count). The standard InChI is InChI=1S/C20H25F3N4O/c1-14(13-26-8-3-4-9-26)11-24-19(28)18-12-25-27(15(18)2)17-7-5-6-16(10-17)20(21,22)23/h5-7,10,12,14H,3-4,8-9,11,13H2,1-2H3,(H,24,28). The Morgan fingerprint density at radius 3 is 2.68 bits per heavy atom. The Morgan fingerprint density at radius 2 is 2.00 bits per heavy atom. The Kier molecular flexibility index (Phi) is 6.07. The zero-order valence-corrected chi connectivity index (χ0v) is 16.1. The first-order chi connectivity index (χ1) is 13.3. The first-order valence-corrected chi connectivity index (χ1v) is 9.48. The number of likely N-dealkylation sites (tertiary alicyclic amines) is 1. The molecule has 8 heteroatoms. The van der Waals surface area contributed by atoms with Gasteiger partial charge in [-0.2, -0.15) is 18.3 Å². The number of carbonyl (C=O) groups excluding carboxylic acids is 1. The van der Waals surface area contributed by atoms with Crippen LogP contribution in [0.5, 0.6) is 0 Å². The van der Waals surface area contributed by atoms with Gasteiger partial charge in [0.1, 0.15) is 0 Å². The van der Waals surface area contributed by atoms with Gasteiger partial charge in [-0.15, -0.1) is 0 Å². The molecule has 2 heterocycles. The van der Waals surface area contributed by atoms with Crippen molar-refractivity contribution in [2.75, 3.05) is 26.2 Å². The summed E-state index contributed by atoms with van der Waals surface area (Å²) < 4.78 is 40.2. The Morgan fingerprint density at radius 1 is 1.29 bits per heavy atom. The van der Waals surface area contributed by atoms with Crippen LogP contribution in [-0.4, -0.2) is 46.8 Å². The van der Waals surface area contributed by atoms with Crippen LogP contribution < -0.4 is 5.32 Å². The number of nitrogens with one attached hydrogen (secondary N) is 1. The lowest BCUT2D eigenvalue weighted by Crippen LogP contribution is -2.34. The van der Waals surface area contributed by atoms with Crippen molar-refractivity contribution in [2.24, 2.45) is 5.92 Å². The van der Waals surface area contributed by atoms with Crippen molar-refractivity contribution in [3.8, 4) is 5.69 Å². The van der Waals surface area contributed by atoms with Crippen LogP contribution in [0.2, 0.25) is 0 Å². The molecule has 0 aliphatic carbocycles. The van der Waals surface area contributed by atoms with E-state index in [4.69, 9.17) is 0 Å². The molecule has 0 radical (unpaired) electrons. The lowest BCUT2D eigenvalue weighted by Gasteiger charge is -2.20. The fourth-order valence-corrected chi connectivity index (χ4v) is 3.54. The van der Waals surface area contributed by atoms with Crippen LogP contribution in [0, 0.1) is 12.8 Å². The van der Waals surface area contributed by atoms with Crippen molar-refractivity contribution in [1.29, 1.82) is 0 Å². The number of alkyl halides is 3. The SMILES string of the molecule is Cc1c(C(=O)NCC(C)CN2CCCC2)cnn1-c1cccc(C(F)(F)F)c1. The highest BCUT2D eigenvalue weighted by atomic mass is 19.4. The molecule has 1 unspecified atom stereocenters. The molecule has 1 atom stereocenters. The van der Waals surface area contributed by atoms with E-state index in [1.165, 1.54) is 35.9 Å². The number of hydrogen-bond acceptors (Lipinski definition) is 3. The van der Waals surface area contributed by atoms with Crippen LogP contribution in [0.25, 0.3) is 5.69 Å². The first-order valence-electron chi connectivity index (χ1n) is 9.48. The highest BCUT2D eigenvalue weighted by molar-refractivity contribution is 5.95. The van der Waals surface area contributed by atoms with Crippen molar-refractivity contribution >= 4 is 5.91 Å². The Labute approximate surface area is 162 Å².